The third kappa shape index (κ3) is 2.64. The Bertz CT molecular complexity index is 1160. The lowest BCUT2D eigenvalue weighted by Crippen LogP contribution is -2.13. The molecule has 2 aromatic heterocycles. The van der Waals surface area contributed by atoms with Gasteiger partial charge in [-0.15, -0.1) is 11.3 Å². The van der Waals surface area contributed by atoms with Crippen LogP contribution in [0.5, 0.6) is 11.5 Å². The van der Waals surface area contributed by atoms with E-state index >= 15 is 0 Å². The van der Waals surface area contributed by atoms with E-state index in [2.05, 4.69) is 16.4 Å². The molecule has 1 aliphatic heterocycles. The highest BCUT2D eigenvalue weighted by Crippen LogP contribution is 2.39. The van der Waals surface area contributed by atoms with Gasteiger partial charge in [0.1, 0.15) is 15.8 Å². The summed E-state index contributed by atoms with van der Waals surface area (Å²) in [4.78, 5) is 18.5. The topological polar surface area (TPSA) is 110 Å². The van der Waals surface area contributed by atoms with Crippen molar-refractivity contribution in [2.75, 3.05) is 17.8 Å². The SMILES string of the molecule is Cc1nc2sc(C(=O)Nc3cc4c(cc3C#N)OCO4)c(N)c2c(C)c1C. The Morgan fingerprint density at radius 1 is 1.26 bits per heavy atom. The predicted molar refractivity (Wildman–Crippen MR) is 103 cm³/mol. The summed E-state index contributed by atoms with van der Waals surface area (Å²) in [5, 5.41) is 12.9. The van der Waals surface area contributed by atoms with Crippen molar-refractivity contribution >= 4 is 38.8 Å². The van der Waals surface area contributed by atoms with E-state index in [4.69, 9.17) is 15.2 Å². The van der Waals surface area contributed by atoms with Crippen molar-refractivity contribution in [3.63, 3.8) is 0 Å². The molecular formula is C19H16N4O3S. The maximum Gasteiger partial charge on any atom is 0.267 e. The standard InChI is InChI=1S/C19H16N4O3S/c1-8-9(2)15-16(21)17(27-19(15)22-10(8)3)18(24)23-12-5-14-13(25-7-26-14)4-11(12)6-20/h4-5H,7,21H2,1-3H3,(H,23,24). The summed E-state index contributed by atoms with van der Waals surface area (Å²) in [6.45, 7) is 5.98. The monoisotopic (exact) mass is 380 g/mol. The van der Waals surface area contributed by atoms with Crippen LogP contribution in [0.4, 0.5) is 11.4 Å². The molecule has 0 fully saturated rings. The number of carbonyl (C=O) groups excluding carboxylic acids is 1. The number of carbonyl (C=O) groups is 1. The number of nitrogens with one attached hydrogen (secondary N) is 1. The number of pyridine rings is 1. The first-order valence-corrected chi connectivity index (χ1v) is 9.03. The molecule has 0 aliphatic carbocycles. The zero-order valence-electron chi connectivity index (χ0n) is 15.0. The first-order chi connectivity index (χ1) is 12.9. The molecule has 8 heteroatoms. The van der Waals surface area contributed by atoms with Crippen molar-refractivity contribution in [3.05, 3.63) is 39.4 Å². The van der Waals surface area contributed by atoms with Gasteiger partial charge in [-0.1, -0.05) is 0 Å². The molecular weight excluding hydrogens is 364 g/mol. The summed E-state index contributed by atoms with van der Waals surface area (Å²) in [5.74, 6) is 0.578. The quantitative estimate of drug-likeness (QED) is 0.702. The largest absolute Gasteiger partial charge is 0.454 e. The summed E-state index contributed by atoms with van der Waals surface area (Å²) < 4.78 is 10.6. The second-order valence-corrected chi connectivity index (χ2v) is 7.29. The number of anilines is 2. The predicted octanol–water partition coefficient (Wildman–Crippen LogP) is 3.66. The molecule has 0 saturated carbocycles. The second-order valence-electron chi connectivity index (χ2n) is 6.29. The normalized spacial score (nSPS) is 12.2. The van der Waals surface area contributed by atoms with Crippen molar-refractivity contribution < 1.29 is 14.3 Å². The average molecular weight is 380 g/mol. The Labute approximate surface area is 159 Å². The van der Waals surface area contributed by atoms with Crippen LogP contribution in [0, 0.1) is 32.1 Å². The number of nitriles is 1. The fraction of sp³-hybridized carbons (Fsp3) is 0.211. The van der Waals surface area contributed by atoms with Gasteiger partial charge in [0.25, 0.3) is 5.91 Å². The number of fused-ring (bicyclic) bond motifs is 2. The number of aromatic nitrogens is 1. The minimum atomic E-state index is -0.388. The lowest BCUT2D eigenvalue weighted by Gasteiger charge is -2.08. The van der Waals surface area contributed by atoms with Crippen LogP contribution >= 0.6 is 11.3 Å². The zero-order valence-corrected chi connectivity index (χ0v) is 15.8. The molecule has 0 bridgehead atoms. The van der Waals surface area contributed by atoms with Gasteiger partial charge in [-0.25, -0.2) is 4.98 Å². The Morgan fingerprint density at radius 3 is 2.67 bits per heavy atom. The molecule has 4 rings (SSSR count). The van der Waals surface area contributed by atoms with E-state index in [0.717, 1.165) is 27.0 Å². The van der Waals surface area contributed by atoms with Crippen molar-refractivity contribution in [1.82, 2.24) is 4.98 Å². The second kappa shape index (κ2) is 6.14. The van der Waals surface area contributed by atoms with Crippen LogP contribution in [0.2, 0.25) is 0 Å². The number of hydrogen-bond acceptors (Lipinski definition) is 7. The number of rotatable bonds is 2. The van der Waals surface area contributed by atoms with Gasteiger partial charge in [-0.05, 0) is 31.9 Å². The van der Waals surface area contributed by atoms with Crippen molar-refractivity contribution in [3.8, 4) is 17.6 Å². The zero-order chi connectivity index (χ0) is 19.3. The van der Waals surface area contributed by atoms with Crippen LogP contribution in [0.25, 0.3) is 10.2 Å². The smallest absolute Gasteiger partial charge is 0.267 e. The summed E-state index contributed by atoms with van der Waals surface area (Å²) in [7, 11) is 0. The van der Waals surface area contributed by atoms with E-state index in [9.17, 15) is 10.1 Å². The number of thiophene rings is 1. The number of nitrogens with zero attached hydrogens (tertiary/aromatic N) is 2. The Morgan fingerprint density at radius 2 is 1.96 bits per heavy atom. The van der Waals surface area contributed by atoms with Crippen molar-refractivity contribution in [2.24, 2.45) is 0 Å². The number of benzene rings is 1. The number of aryl methyl sites for hydroxylation is 2. The number of ether oxygens (including phenoxy) is 2. The highest BCUT2D eigenvalue weighted by Gasteiger charge is 2.23. The molecule has 1 amide bonds. The van der Waals surface area contributed by atoms with Crippen LogP contribution in [-0.4, -0.2) is 17.7 Å². The molecule has 0 saturated heterocycles. The summed E-state index contributed by atoms with van der Waals surface area (Å²) >= 11 is 1.24. The van der Waals surface area contributed by atoms with Crippen LogP contribution in [0.15, 0.2) is 12.1 Å². The first-order valence-electron chi connectivity index (χ1n) is 8.21. The minimum Gasteiger partial charge on any atom is -0.454 e. The molecule has 0 radical (unpaired) electrons. The molecule has 3 aromatic rings. The number of amides is 1. The Kier molecular flexibility index (Phi) is 3.89. The number of hydrogen-bond donors (Lipinski definition) is 2. The lowest BCUT2D eigenvalue weighted by atomic mass is 10.1. The average Bonchev–Trinajstić information content (AvgIpc) is 3.22. The molecule has 3 N–H and O–H groups in total. The van der Waals surface area contributed by atoms with Crippen molar-refractivity contribution in [2.45, 2.75) is 20.8 Å². The third-order valence-electron chi connectivity index (χ3n) is 4.76. The van der Waals surface area contributed by atoms with Crippen LogP contribution < -0.4 is 20.5 Å². The summed E-state index contributed by atoms with van der Waals surface area (Å²) in [6.07, 6.45) is 0. The molecule has 0 atom stereocenters. The summed E-state index contributed by atoms with van der Waals surface area (Å²) in [6, 6.07) is 5.19. The Hall–Kier alpha value is -3.31. The van der Waals surface area contributed by atoms with Crippen LogP contribution in [-0.2, 0) is 0 Å². The molecule has 1 aromatic carbocycles. The maximum absolute atomic E-state index is 12.9. The van der Waals surface area contributed by atoms with E-state index in [1.54, 1.807) is 12.1 Å². The van der Waals surface area contributed by atoms with E-state index < -0.39 is 0 Å². The van der Waals surface area contributed by atoms with Gasteiger partial charge < -0.3 is 20.5 Å². The number of nitrogen functional groups attached to an aromatic ring is 1. The van der Waals surface area contributed by atoms with Crippen LogP contribution in [0.3, 0.4) is 0 Å². The molecule has 7 nitrogen and oxygen atoms in total. The van der Waals surface area contributed by atoms with E-state index in [1.165, 1.54) is 11.3 Å². The van der Waals surface area contributed by atoms with Gasteiger partial charge in [0.15, 0.2) is 11.5 Å². The highest BCUT2D eigenvalue weighted by atomic mass is 32.1. The van der Waals surface area contributed by atoms with Crippen molar-refractivity contribution in [1.29, 1.82) is 5.26 Å². The molecule has 27 heavy (non-hydrogen) atoms. The van der Waals surface area contributed by atoms with Gasteiger partial charge in [0.2, 0.25) is 6.79 Å². The van der Waals surface area contributed by atoms with Gasteiger partial charge in [-0.3, -0.25) is 4.79 Å². The van der Waals surface area contributed by atoms with Gasteiger partial charge in [0, 0.05) is 23.2 Å². The summed E-state index contributed by atoms with van der Waals surface area (Å²) in [5.41, 5.74) is 10.3. The Balaban J connectivity index is 1.76. The number of nitrogens with two attached hydrogens (primary N) is 1. The fourth-order valence-corrected chi connectivity index (χ4v) is 4.15. The molecule has 136 valence electrons. The maximum atomic E-state index is 12.9. The van der Waals surface area contributed by atoms with Gasteiger partial charge in [0.05, 0.1) is 16.9 Å². The molecule has 0 unspecified atom stereocenters. The first kappa shape index (κ1) is 17.1. The van der Waals surface area contributed by atoms with E-state index in [1.807, 2.05) is 20.8 Å². The van der Waals surface area contributed by atoms with Gasteiger partial charge >= 0.3 is 0 Å². The van der Waals surface area contributed by atoms with E-state index in [-0.39, 0.29) is 18.3 Å². The molecule has 1 aliphatic rings. The van der Waals surface area contributed by atoms with Crippen LogP contribution in [0.1, 0.15) is 32.1 Å². The lowest BCUT2D eigenvalue weighted by molar-refractivity contribution is 0.103. The molecule has 3 heterocycles. The third-order valence-corrected chi connectivity index (χ3v) is 5.86. The minimum absolute atomic E-state index is 0.0878. The highest BCUT2D eigenvalue weighted by molar-refractivity contribution is 7.21. The van der Waals surface area contributed by atoms with Gasteiger partial charge in [-0.2, -0.15) is 5.26 Å². The van der Waals surface area contributed by atoms with E-state index in [0.29, 0.717) is 27.8 Å². The molecule has 0 spiro atoms. The fourth-order valence-electron chi connectivity index (χ4n) is 3.05.